The van der Waals surface area contributed by atoms with Gasteiger partial charge in [-0.25, -0.2) is 8.42 Å². The molecule has 2 N–H and O–H groups in total. The van der Waals surface area contributed by atoms with Crippen molar-refractivity contribution in [3.05, 3.63) is 82.9 Å². The minimum atomic E-state index is -4.61. The van der Waals surface area contributed by atoms with Crippen molar-refractivity contribution in [2.24, 2.45) is 0 Å². The number of methoxy groups -OCH3 is 1. The zero-order valence-electron chi connectivity index (χ0n) is 16.4. The van der Waals surface area contributed by atoms with Gasteiger partial charge in [-0.15, -0.1) is 0 Å². The normalized spacial score (nSPS) is 11.7. The van der Waals surface area contributed by atoms with Gasteiger partial charge >= 0.3 is 6.18 Å². The van der Waals surface area contributed by atoms with Gasteiger partial charge in [0.25, 0.3) is 15.9 Å². The molecule has 0 unspecified atom stereocenters. The fourth-order valence-corrected chi connectivity index (χ4v) is 4.11. The van der Waals surface area contributed by atoms with Crippen molar-refractivity contribution < 1.29 is 31.1 Å². The van der Waals surface area contributed by atoms with Crippen LogP contribution in [0.3, 0.4) is 0 Å². The van der Waals surface area contributed by atoms with Gasteiger partial charge in [-0.1, -0.05) is 17.7 Å². The quantitative estimate of drug-likeness (QED) is 0.489. The molecule has 32 heavy (non-hydrogen) atoms. The smallest absolute Gasteiger partial charge is 0.416 e. The van der Waals surface area contributed by atoms with Gasteiger partial charge in [0.15, 0.2) is 0 Å². The van der Waals surface area contributed by atoms with Crippen LogP contribution in [0.25, 0.3) is 0 Å². The summed E-state index contributed by atoms with van der Waals surface area (Å²) < 4.78 is 71.9. The van der Waals surface area contributed by atoms with Gasteiger partial charge in [0.1, 0.15) is 10.6 Å². The van der Waals surface area contributed by atoms with Crippen LogP contribution in [0.4, 0.5) is 24.5 Å². The van der Waals surface area contributed by atoms with E-state index in [1.807, 2.05) is 0 Å². The average Bonchev–Trinajstić information content (AvgIpc) is 2.74. The number of nitrogens with one attached hydrogen (secondary N) is 2. The number of hydrogen-bond acceptors (Lipinski definition) is 4. The molecular weight excluding hydrogens is 469 g/mol. The molecule has 3 rings (SSSR count). The summed E-state index contributed by atoms with van der Waals surface area (Å²) in [6.07, 6.45) is -4.61. The largest absolute Gasteiger partial charge is 0.495 e. The Morgan fingerprint density at radius 2 is 1.62 bits per heavy atom. The van der Waals surface area contributed by atoms with E-state index in [4.69, 9.17) is 16.3 Å². The molecule has 0 aromatic heterocycles. The summed E-state index contributed by atoms with van der Waals surface area (Å²) in [5.74, 6) is -0.834. The maximum atomic E-state index is 12.9. The molecule has 168 valence electrons. The van der Waals surface area contributed by atoms with Gasteiger partial charge in [-0.05, 0) is 60.7 Å². The highest BCUT2D eigenvalue weighted by Crippen LogP contribution is 2.31. The highest BCUT2D eigenvalue weighted by Gasteiger charge is 2.31. The van der Waals surface area contributed by atoms with Crippen LogP contribution >= 0.6 is 11.6 Å². The number of carbonyl (C=O) groups excluding carboxylic acids is 1. The summed E-state index contributed by atoms with van der Waals surface area (Å²) in [5.41, 5.74) is -0.922. The van der Waals surface area contributed by atoms with E-state index in [1.165, 1.54) is 49.6 Å². The molecule has 0 aliphatic rings. The zero-order valence-corrected chi connectivity index (χ0v) is 18.0. The number of amides is 1. The molecule has 3 aromatic rings. The summed E-state index contributed by atoms with van der Waals surface area (Å²) in [7, 11) is -2.86. The van der Waals surface area contributed by atoms with Crippen molar-refractivity contribution in [3.63, 3.8) is 0 Å². The van der Waals surface area contributed by atoms with Gasteiger partial charge in [0.05, 0.1) is 12.7 Å². The summed E-state index contributed by atoms with van der Waals surface area (Å²) in [6.45, 7) is 0. The fourth-order valence-electron chi connectivity index (χ4n) is 2.73. The molecule has 0 heterocycles. The zero-order chi connectivity index (χ0) is 23.5. The van der Waals surface area contributed by atoms with E-state index in [2.05, 4.69) is 10.0 Å². The van der Waals surface area contributed by atoms with Crippen LogP contribution < -0.4 is 14.8 Å². The summed E-state index contributed by atoms with van der Waals surface area (Å²) in [5, 5.41) is 2.82. The van der Waals surface area contributed by atoms with Crippen LogP contribution in [0.1, 0.15) is 15.9 Å². The number of halogens is 4. The second-order valence-corrected chi connectivity index (χ2v) is 8.60. The van der Waals surface area contributed by atoms with Crippen molar-refractivity contribution >= 4 is 38.9 Å². The molecule has 0 saturated heterocycles. The van der Waals surface area contributed by atoms with Crippen LogP contribution in [0.15, 0.2) is 71.6 Å². The first-order valence-corrected chi connectivity index (χ1v) is 10.8. The number of sulfonamides is 1. The predicted octanol–water partition coefficient (Wildman–Crippen LogP) is 5.42. The van der Waals surface area contributed by atoms with Gasteiger partial charge in [-0.3, -0.25) is 9.52 Å². The lowest BCUT2D eigenvalue weighted by molar-refractivity contribution is -0.137. The first kappa shape index (κ1) is 23.4. The number of hydrogen-bond donors (Lipinski definition) is 2. The van der Waals surface area contributed by atoms with Crippen molar-refractivity contribution in [3.8, 4) is 5.75 Å². The molecular formula is C21H16ClF3N2O4S. The first-order valence-electron chi connectivity index (χ1n) is 8.94. The molecule has 11 heteroatoms. The summed E-state index contributed by atoms with van der Waals surface area (Å²) in [4.78, 5) is 12.2. The Kier molecular flexibility index (Phi) is 6.65. The Morgan fingerprint density at radius 3 is 2.25 bits per heavy atom. The minimum absolute atomic E-state index is 0.00327. The number of rotatable bonds is 6. The molecule has 0 aliphatic heterocycles. The Morgan fingerprint density at radius 1 is 0.969 bits per heavy atom. The maximum Gasteiger partial charge on any atom is 0.416 e. The molecule has 0 radical (unpaired) electrons. The van der Waals surface area contributed by atoms with Crippen LogP contribution in [-0.2, 0) is 16.2 Å². The third kappa shape index (κ3) is 5.51. The first-order chi connectivity index (χ1) is 15.0. The predicted molar refractivity (Wildman–Crippen MR) is 115 cm³/mol. The SMILES string of the molecule is COc1ccc(NC(=O)c2cccc(C(F)(F)F)c2)cc1S(=O)(=O)Nc1ccc(Cl)cc1. The van der Waals surface area contributed by atoms with Gasteiger partial charge < -0.3 is 10.1 Å². The van der Waals surface area contributed by atoms with E-state index >= 15 is 0 Å². The van der Waals surface area contributed by atoms with E-state index in [9.17, 15) is 26.4 Å². The lowest BCUT2D eigenvalue weighted by Crippen LogP contribution is -2.16. The number of anilines is 2. The molecule has 0 atom stereocenters. The number of ether oxygens (including phenoxy) is 1. The molecule has 3 aromatic carbocycles. The van der Waals surface area contributed by atoms with Gasteiger partial charge in [0, 0.05) is 22.0 Å². The summed E-state index contributed by atoms with van der Waals surface area (Å²) >= 11 is 5.80. The molecule has 0 fully saturated rings. The molecule has 1 amide bonds. The molecule has 0 spiro atoms. The number of carbonyl (C=O) groups is 1. The maximum absolute atomic E-state index is 12.9. The third-order valence-electron chi connectivity index (χ3n) is 4.26. The Labute approximate surface area is 187 Å². The van der Waals surface area contributed by atoms with Gasteiger partial charge in [-0.2, -0.15) is 13.2 Å². The number of alkyl halides is 3. The van der Waals surface area contributed by atoms with Crippen LogP contribution in [-0.4, -0.2) is 21.4 Å². The monoisotopic (exact) mass is 484 g/mol. The lowest BCUT2D eigenvalue weighted by atomic mass is 10.1. The van der Waals surface area contributed by atoms with Crippen molar-refractivity contribution in [1.82, 2.24) is 0 Å². The highest BCUT2D eigenvalue weighted by molar-refractivity contribution is 7.92. The van der Waals surface area contributed by atoms with Crippen LogP contribution in [0.5, 0.6) is 5.75 Å². The van der Waals surface area contributed by atoms with Crippen LogP contribution in [0.2, 0.25) is 5.02 Å². The lowest BCUT2D eigenvalue weighted by Gasteiger charge is -2.14. The van der Waals surface area contributed by atoms with E-state index < -0.39 is 27.7 Å². The number of benzene rings is 3. The van der Waals surface area contributed by atoms with E-state index in [0.717, 1.165) is 18.2 Å². The molecule has 0 bridgehead atoms. The Balaban J connectivity index is 1.89. The molecule has 0 aliphatic carbocycles. The minimum Gasteiger partial charge on any atom is -0.495 e. The summed E-state index contributed by atoms with van der Waals surface area (Å²) in [6, 6.07) is 13.6. The average molecular weight is 485 g/mol. The van der Waals surface area contributed by atoms with E-state index in [1.54, 1.807) is 0 Å². The Bertz CT molecular complexity index is 1250. The second-order valence-electron chi connectivity index (χ2n) is 6.51. The molecule has 6 nitrogen and oxygen atoms in total. The third-order valence-corrected chi connectivity index (χ3v) is 5.91. The van der Waals surface area contributed by atoms with Crippen molar-refractivity contribution in [2.45, 2.75) is 11.1 Å². The van der Waals surface area contributed by atoms with E-state index in [-0.39, 0.29) is 27.6 Å². The Hall–Kier alpha value is -3.24. The van der Waals surface area contributed by atoms with E-state index in [0.29, 0.717) is 11.1 Å². The standard InChI is InChI=1S/C21H16ClF3N2O4S/c1-31-18-10-9-17(26-20(28)13-3-2-4-14(11-13)21(23,24)25)12-19(18)32(29,30)27-16-7-5-15(22)6-8-16/h2-12,27H,1H3,(H,26,28). The second kappa shape index (κ2) is 9.09. The van der Waals surface area contributed by atoms with Gasteiger partial charge in [0.2, 0.25) is 0 Å². The fraction of sp³-hybridized carbons (Fsp3) is 0.0952. The topological polar surface area (TPSA) is 84.5 Å². The highest BCUT2D eigenvalue weighted by atomic mass is 35.5. The molecule has 0 saturated carbocycles. The van der Waals surface area contributed by atoms with Crippen molar-refractivity contribution in [2.75, 3.05) is 17.1 Å². The van der Waals surface area contributed by atoms with Crippen molar-refractivity contribution in [1.29, 1.82) is 0 Å². The van der Waals surface area contributed by atoms with Crippen LogP contribution in [0, 0.1) is 0 Å².